The van der Waals surface area contributed by atoms with Crippen LogP contribution in [0.5, 0.6) is 0 Å². The number of aryl methyl sites for hydroxylation is 1. The Hall–Kier alpha value is -2.55. The minimum absolute atomic E-state index is 0.250. The number of nitrogens with zero attached hydrogens (tertiary/aromatic N) is 2. The van der Waals surface area contributed by atoms with E-state index in [9.17, 15) is 0 Å². The van der Waals surface area contributed by atoms with E-state index in [0.717, 1.165) is 5.92 Å². The molecule has 2 heterocycles. The van der Waals surface area contributed by atoms with Gasteiger partial charge in [-0.25, -0.2) is 4.57 Å². The maximum Gasteiger partial charge on any atom is 0.396 e. The van der Waals surface area contributed by atoms with Crippen LogP contribution >= 0.6 is 0 Å². The average Bonchev–Trinajstić information content (AvgIpc) is 2.79. The molecule has 0 bridgehead atoms. The topological polar surface area (TPSA) is 7.12 Å². The Balaban J connectivity index is 1.66. The van der Waals surface area contributed by atoms with E-state index in [1.165, 1.54) is 76.7 Å². The van der Waals surface area contributed by atoms with Crippen molar-refractivity contribution in [3.8, 4) is 0 Å². The highest BCUT2D eigenvalue weighted by Gasteiger charge is 2.33. The Bertz CT molecular complexity index is 1210. The number of hydrogen-bond acceptors (Lipinski definition) is 1. The monoisotopic (exact) mass is 395 g/mol. The highest BCUT2D eigenvalue weighted by molar-refractivity contribution is 6.82. The van der Waals surface area contributed by atoms with Crippen molar-refractivity contribution in [2.75, 3.05) is 7.05 Å². The summed E-state index contributed by atoms with van der Waals surface area (Å²) in [6.07, 6.45) is 8.22. The minimum Gasteiger partial charge on any atom is -0.408 e. The van der Waals surface area contributed by atoms with Crippen LogP contribution in [0.25, 0.3) is 22.6 Å². The van der Waals surface area contributed by atoms with Gasteiger partial charge in [0.1, 0.15) is 7.05 Å². The van der Waals surface area contributed by atoms with Crippen LogP contribution in [-0.4, -0.2) is 18.7 Å². The van der Waals surface area contributed by atoms with E-state index < -0.39 is 0 Å². The molecule has 2 nitrogen and oxygen atoms in total. The molecule has 0 saturated heterocycles. The molecule has 0 N–H and O–H groups in total. The standard InChI is InChI=1S/C27H32BN2/c1-20-24-14-8-7-13-22(24)19-28(30(20)3)27-18-23(17-21-11-5-4-6-12-21)25-15-9-10-16-26(25)29(27)2/h7-10,13-16,18-19,21H,4-6,11-12,17H2,1-3H3/q+1. The molecule has 0 amide bonds. The summed E-state index contributed by atoms with van der Waals surface area (Å²) in [6, 6.07) is 20.3. The first-order valence-electron chi connectivity index (χ1n) is 11.5. The third-order valence-corrected chi connectivity index (χ3v) is 7.49. The second kappa shape index (κ2) is 7.94. The summed E-state index contributed by atoms with van der Waals surface area (Å²) < 4.78 is 2.42. The highest BCUT2D eigenvalue weighted by atomic mass is 15.1. The number of hydrogen-bond donors (Lipinski definition) is 0. The molecule has 0 radical (unpaired) electrons. The quantitative estimate of drug-likeness (QED) is 0.489. The number of rotatable bonds is 3. The van der Waals surface area contributed by atoms with E-state index >= 15 is 0 Å². The summed E-state index contributed by atoms with van der Waals surface area (Å²) in [4.78, 5) is 2.44. The zero-order chi connectivity index (χ0) is 20.7. The molecule has 3 heteroatoms. The van der Waals surface area contributed by atoms with Crippen LogP contribution in [0.2, 0.25) is 0 Å². The molecule has 3 aromatic rings. The molecule has 0 atom stereocenters. The van der Waals surface area contributed by atoms with Crippen LogP contribution in [0.4, 0.5) is 0 Å². The van der Waals surface area contributed by atoms with Crippen molar-refractivity contribution in [3.63, 3.8) is 0 Å². The first kappa shape index (κ1) is 19.4. The van der Waals surface area contributed by atoms with Crippen LogP contribution in [0.1, 0.15) is 44.6 Å². The lowest BCUT2D eigenvalue weighted by Gasteiger charge is -2.28. The zero-order valence-electron chi connectivity index (χ0n) is 18.6. The Morgan fingerprint density at radius 1 is 1.00 bits per heavy atom. The second-order valence-electron chi connectivity index (χ2n) is 9.27. The molecule has 152 valence electrons. The number of fused-ring (bicyclic) bond motifs is 2. The summed E-state index contributed by atoms with van der Waals surface area (Å²) in [6.45, 7) is 2.50. The third-order valence-electron chi connectivity index (χ3n) is 7.49. The van der Waals surface area contributed by atoms with Gasteiger partial charge in [-0.15, -0.1) is 0 Å². The predicted molar refractivity (Wildman–Crippen MR) is 128 cm³/mol. The first-order valence-corrected chi connectivity index (χ1v) is 11.5. The molecular weight excluding hydrogens is 363 g/mol. The Morgan fingerprint density at radius 3 is 2.57 bits per heavy atom. The fourth-order valence-electron chi connectivity index (χ4n) is 5.62. The molecule has 0 spiro atoms. The van der Waals surface area contributed by atoms with Gasteiger partial charge >= 0.3 is 6.85 Å². The molecular formula is C27H32BN2+. The molecule has 2 aromatic carbocycles. The summed E-state index contributed by atoms with van der Waals surface area (Å²) in [5.41, 5.74) is 5.61. The molecule has 2 aliphatic rings. The molecule has 0 unspecified atom stereocenters. The molecule has 1 aliphatic heterocycles. The normalized spacial score (nSPS) is 17.2. The first-order chi connectivity index (χ1) is 14.6. The van der Waals surface area contributed by atoms with Crippen molar-refractivity contribution >= 4 is 35.0 Å². The third kappa shape index (κ3) is 3.35. The van der Waals surface area contributed by atoms with E-state index in [0.29, 0.717) is 0 Å². The highest BCUT2D eigenvalue weighted by Crippen LogP contribution is 2.28. The van der Waals surface area contributed by atoms with Gasteiger partial charge < -0.3 is 4.81 Å². The van der Waals surface area contributed by atoms with Gasteiger partial charge in [-0.05, 0) is 48.4 Å². The van der Waals surface area contributed by atoms with Crippen molar-refractivity contribution in [1.29, 1.82) is 0 Å². The number of pyridine rings is 1. The van der Waals surface area contributed by atoms with Gasteiger partial charge in [0.05, 0.1) is 0 Å². The maximum atomic E-state index is 2.51. The molecule has 1 saturated carbocycles. The van der Waals surface area contributed by atoms with Crippen molar-refractivity contribution in [2.45, 2.75) is 45.4 Å². The van der Waals surface area contributed by atoms with E-state index in [2.05, 4.69) is 91.0 Å². The SMILES string of the molecule is CC1=c2ccccc2=CB(c2cc(CC3CCCCC3)c3ccccc3[n+]2C)N1C. The van der Waals surface area contributed by atoms with E-state index in [1.807, 2.05) is 0 Å². The van der Waals surface area contributed by atoms with Gasteiger partial charge in [0.25, 0.3) is 0 Å². The minimum atomic E-state index is 0.250. The lowest BCUT2D eigenvalue weighted by Crippen LogP contribution is -2.62. The van der Waals surface area contributed by atoms with Crippen molar-refractivity contribution < 1.29 is 4.57 Å². The lowest BCUT2D eigenvalue weighted by molar-refractivity contribution is -0.627. The largest absolute Gasteiger partial charge is 0.408 e. The van der Waals surface area contributed by atoms with Gasteiger partial charge in [0.2, 0.25) is 5.52 Å². The van der Waals surface area contributed by atoms with Crippen LogP contribution in [0.15, 0.2) is 54.6 Å². The molecule has 1 aromatic heterocycles. The van der Waals surface area contributed by atoms with Gasteiger partial charge in [-0.3, -0.25) is 0 Å². The van der Waals surface area contributed by atoms with E-state index in [-0.39, 0.29) is 6.85 Å². The summed E-state index contributed by atoms with van der Waals surface area (Å²) in [7, 11) is 4.47. The van der Waals surface area contributed by atoms with Crippen molar-refractivity contribution in [2.24, 2.45) is 13.0 Å². The van der Waals surface area contributed by atoms with Gasteiger partial charge in [-0.1, -0.05) is 74.5 Å². The average molecular weight is 395 g/mol. The second-order valence-corrected chi connectivity index (χ2v) is 9.27. The Kier molecular flexibility index (Phi) is 5.14. The number of para-hydroxylation sites is 1. The molecule has 1 aliphatic carbocycles. The van der Waals surface area contributed by atoms with Crippen LogP contribution < -0.4 is 20.6 Å². The van der Waals surface area contributed by atoms with Crippen molar-refractivity contribution in [3.05, 3.63) is 70.6 Å². The van der Waals surface area contributed by atoms with Crippen molar-refractivity contribution in [1.82, 2.24) is 4.81 Å². The molecule has 1 fully saturated rings. The van der Waals surface area contributed by atoms with Crippen LogP contribution in [0.3, 0.4) is 0 Å². The predicted octanol–water partition coefficient (Wildman–Crippen LogP) is 3.08. The maximum absolute atomic E-state index is 2.51. The van der Waals surface area contributed by atoms with Gasteiger partial charge in [-0.2, -0.15) is 0 Å². The Labute approximate surface area is 180 Å². The lowest BCUT2D eigenvalue weighted by atomic mass is 9.54. The van der Waals surface area contributed by atoms with Gasteiger partial charge in [0, 0.05) is 23.2 Å². The number of aromatic nitrogens is 1. The Morgan fingerprint density at radius 2 is 1.73 bits per heavy atom. The fraction of sp³-hybridized carbons (Fsp3) is 0.370. The van der Waals surface area contributed by atoms with Crippen LogP contribution in [0, 0.1) is 5.92 Å². The summed E-state index contributed by atoms with van der Waals surface area (Å²) >= 11 is 0. The van der Waals surface area contributed by atoms with E-state index in [4.69, 9.17) is 0 Å². The van der Waals surface area contributed by atoms with Gasteiger partial charge in [0.15, 0.2) is 5.59 Å². The fourth-order valence-corrected chi connectivity index (χ4v) is 5.62. The zero-order valence-corrected chi connectivity index (χ0v) is 18.6. The summed E-state index contributed by atoms with van der Waals surface area (Å²) in [5.74, 6) is 3.28. The van der Waals surface area contributed by atoms with Crippen LogP contribution in [-0.2, 0) is 13.5 Å². The smallest absolute Gasteiger partial charge is 0.396 e. The molecule has 5 rings (SSSR count). The van der Waals surface area contributed by atoms with E-state index in [1.54, 1.807) is 0 Å². The molecule has 30 heavy (non-hydrogen) atoms. The summed E-state index contributed by atoms with van der Waals surface area (Å²) in [5, 5.41) is 4.12. The number of benzene rings is 2.